The van der Waals surface area contributed by atoms with Gasteiger partial charge < -0.3 is 10.2 Å². The van der Waals surface area contributed by atoms with Gasteiger partial charge in [0.2, 0.25) is 0 Å². The van der Waals surface area contributed by atoms with Crippen LogP contribution in [-0.4, -0.2) is 37.1 Å². The molecule has 1 spiro atoms. The van der Waals surface area contributed by atoms with E-state index in [2.05, 4.69) is 17.1 Å². The van der Waals surface area contributed by atoms with Gasteiger partial charge in [-0.15, -0.1) is 0 Å². The highest BCUT2D eigenvalue weighted by Gasteiger charge is 2.36. The van der Waals surface area contributed by atoms with Crippen LogP contribution in [0.1, 0.15) is 71.1 Å². The second-order valence-electron chi connectivity index (χ2n) is 7.81. The lowest BCUT2D eigenvalue weighted by molar-refractivity contribution is 0.0590. The van der Waals surface area contributed by atoms with E-state index in [1.807, 2.05) is 0 Å². The van der Waals surface area contributed by atoms with Gasteiger partial charge in [-0.05, 0) is 69.5 Å². The minimum absolute atomic E-state index is 0.765. The van der Waals surface area contributed by atoms with Crippen molar-refractivity contribution in [2.45, 2.75) is 77.2 Å². The molecule has 0 bridgehead atoms. The number of nitrogens with one attached hydrogen (secondary N) is 1. The van der Waals surface area contributed by atoms with Gasteiger partial charge in [-0.2, -0.15) is 0 Å². The fourth-order valence-corrected chi connectivity index (χ4v) is 4.93. The molecule has 3 fully saturated rings. The molecule has 3 rings (SSSR count). The van der Waals surface area contributed by atoms with Crippen LogP contribution in [0.25, 0.3) is 0 Å². The predicted octanol–water partition coefficient (Wildman–Crippen LogP) is 3.81. The number of rotatable bonds is 3. The summed E-state index contributed by atoms with van der Waals surface area (Å²) in [5.41, 5.74) is 0.765. The summed E-state index contributed by atoms with van der Waals surface area (Å²) in [4.78, 5) is 2.76. The van der Waals surface area contributed by atoms with Crippen LogP contribution >= 0.6 is 0 Å². The van der Waals surface area contributed by atoms with Crippen LogP contribution in [0.3, 0.4) is 0 Å². The van der Waals surface area contributed by atoms with Gasteiger partial charge >= 0.3 is 0 Å². The highest BCUT2D eigenvalue weighted by Crippen LogP contribution is 2.44. The van der Waals surface area contributed by atoms with Crippen LogP contribution in [0, 0.1) is 11.3 Å². The smallest absolute Gasteiger partial charge is 0.0197 e. The van der Waals surface area contributed by atoms with Gasteiger partial charge in [-0.3, -0.25) is 0 Å². The zero-order chi connectivity index (χ0) is 13.8. The van der Waals surface area contributed by atoms with E-state index >= 15 is 0 Å². The summed E-state index contributed by atoms with van der Waals surface area (Å²) >= 11 is 0. The van der Waals surface area contributed by atoms with E-state index in [1.54, 1.807) is 0 Å². The molecule has 0 aromatic rings. The summed E-state index contributed by atoms with van der Waals surface area (Å²) in [6.45, 7) is 7.66. The second kappa shape index (κ2) is 6.79. The quantitative estimate of drug-likeness (QED) is 0.844. The van der Waals surface area contributed by atoms with E-state index in [9.17, 15) is 0 Å². The average Bonchev–Trinajstić information content (AvgIpc) is 2.51. The molecule has 2 heteroatoms. The summed E-state index contributed by atoms with van der Waals surface area (Å²) in [6, 6.07) is 0.772. The highest BCUT2D eigenvalue weighted by molar-refractivity contribution is 4.90. The normalized spacial score (nSPS) is 35.2. The van der Waals surface area contributed by atoms with E-state index in [-0.39, 0.29) is 0 Å². The molecule has 3 aliphatic rings. The molecule has 2 aliphatic heterocycles. The molecule has 20 heavy (non-hydrogen) atoms. The van der Waals surface area contributed by atoms with Crippen LogP contribution in [-0.2, 0) is 0 Å². The molecule has 2 unspecified atom stereocenters. The number of hydrogen-bond acceptors (Lipinski definition) is 2. The van der Waals surface area contributed by atoms with Crippen LogP contribution in [0.4, 0.5) is 0 Å². The van der Waals surface area contributed by atoms with Gasteiger partial charge in [-0.1, -0.05) is 32.6 Å². The minimum Gasteiger partial charge on any atom is -0.313 e. The van der Waals surface area contributed by atoms with Crippen molar-refractivity contribution in [3.63, 3.8) is 0 Å². The Morgan fingerprint density at radius 3 is 2.50 bits per heavy atom. The molecule has 116 valence electrons. The van der Waals surface area contributed by atoms with E-state index in [0.29, 0.717) is 0 Å². The zero-order valence-electron chi connectivity index (χ0n) is 13.5. The molecule has 0 radical (unpaired) electrons. The van der Waals surface area contributed by atoms with Gasteiger partial charge in [0.05, 0.1) is 0 Å². The van der Waals surface area contributed by atoms with Crippen molar-refractivity contribution in [3.8, 4) is 0 Å². The number of hydrogen-bond donors (Lipinski definition) is 1. The van der Waals surface area contributed by atoms with Crippen molar-refractivity contribution in [1.82, 2.24) is 10.2 Å². The number of likely N-dealkylation sites (tertiary alicyclic amines) is 1. The van der Waals surface area contributed by atoms with E-state index in [4.69, 9.17) is 0 Å². The Morgan fingerprint density at radius 2 is 1.80 bits per heavy atom. The highest BCUT2D eigenvalue weighted by atomic mass is 15.2. The van der Waals surface area contributed by atoms with Crippen LogP contribution in [0.2, 0.25) is 0 Å². The molecule has 2 nitrogen and oxygen atoms in total. The number of nitrogens with zero attached hydrogens (tertiary/aromatic N) is 1. The lowest BCUT2D eigenvalue weighted by Crippen LogP contribution is -2.49. The van der Waals surface area contributed by atoms with Gasteiger partial charge in [0.1, 0.15) is 0 Å². The molecule has 2 heterocycles. The van der Waals surface area contributed by atoms with E-state index < -0.39 is 0 Å². The summed E-state index contributed by atoms with van der Waals surface area (Å²) in [5, 5.41) is 3.76. The monoisotopic (exact) mass is 278 g/mol. The fraction of sp³-hybridized carbons (Fsp3) is 1.00. The Bertz CT molecular complexity index is 286. The van der Waals surface area contributed by atoms with Crippen molar-refractivity contribution in [3.05, 3.63) is 0 Å². The van der Waals surface area contributed by atoms with Crippen molar-refractivity contribution in [2.75, 3.05) is 26.2 Å². The third-order valence-electron chi connectivity index (χ3n) is 6.49. The van der Waals surface area contributed by atoms with Crippen molar-refractivity contribution >= 4 is 0 Å². The SMILES string of the molecule is CCC1CCNC(CN2CCC3(CCCCC3)CC2)C1. The van der Waals surface area contributed by atoms with Crippen LogP contribution in [0.5, 0.6) is 0 Å². The molecule has 0 amide bonds. The first-order chi connectivity index (χ1) is 9.80. The molecule has 0 aromatic carbocycles. The molecular formula is C18H34N2. The molecule has 2 atom stereocenters. The molecular weight excluding hydrogens is 244 g/mol. The topological polar surface area (TPSA) is 15.3 Å². The Balaban J connectivity index is 1.44. The third kappa shape index (κ3) is 3.57. The summed E-state index contributed by atoms with van der Waals surface area (Å²) in [6.07, 6.45) is 14.7. The lowest BCUT2D eigenvalue weighted by atomic mass is 9.68. The van der Waals surface area contributed by atoms with Crippen LogP contribution in [0.15, 0.2) is 0 Å². The summed E-state index contributed by atoms with van der Waals surface area (Å²) in [5.74, 6) is 0.982. The average molecular weight is 278 g/mol. The zero-order valence-corrected chi connectivity index (χ0v) is 13.5. The first kappa shape index (κ1) is 14.8. The van der Waals surface area contributed by atoms with Gasteiger partial charge in [0.15, 0.2) is 0 Å². The third-order valence-corrected chi connectivity index (χ3v) is 6.49. The van der Waals surface area contributed by atoms with E-state index in [1.165, 1.54) is 90.4 Å². The Labute approximate surface area is 125 Å². The minimum atomic E-state index is 0.765. The maximum atomic E-state index is 3.76. The van der Waals surface area contributed by atoms with Crippen molar-refractivity contribution in [2.24, 2.45) is 11.3 Å². The molecule has 2 saturated heterocycles. The van der Waals surface area contributed by atoms with E-state index in [0.717, 1.165) is 17.4 Å². The summed E-state index contributed by atoms with van der Waals surface area (Å²) < 4.78 is 0. The maximum absolute atomic E-state index is 3.76. The predicted molar refractivity (Wildman–Crippen MR) is 86.0 cm³/mol. The van der Waals surface area contributed by atoms with Gasteiger partial charge in [0, 0.05) is 12.6 Å². The van der Waals surface area contributed by atoms with Crippen LogP contribution < -0.4 is 5.32 Å². The van der Waals surface area contributed by atoms with Gasteiger partial charge in [-0.25, -0.2) is 0 Å². The standard InChI is InChI=1S/C18H34N2/c1-2-16-6-11-19-17(14-16)15-20-12-9-18(10-13-20)7-4-3-5-8-18/h16-17,19H,2-15H2,1H3. The Kier molecular flexibility index (Phi) is 5.04. The lowest BCUT2D eigenvalue weighted by Gasteiger charge is -2.45. The molecule has 1 N–H and O–H groups in total. The molecule has 0 aromatic heterocycles. The first-order valence-electron chi connectivity index (χ1n) is 9.25. The fourth-order valence-electron chi connectivity index (χ4n) is 4.93. The summed E-state index contributed by atoms with van der Waals surface area (Å²) in [7, 11) is 0. The van der Waals surface area contributed by atoms with Gasteiger partial charge in [0.25, 0.3) is 0 Å². The molecule has 1 aliphatic carbocycles. The second-order valence-corrected chi connectivity index (χ2v) is 7.81. The van der Waals surface area contributed by atoms with Crippen molar-refractivity contribution in [1.29, 1.82) is 0 Å². The first-order valence-corrected chi connectivity index (χ1v) is 9.25. The Morgan fingerprint density at radius 1 is 1.05 bits per heavy atom. The maximum Gasteiger partial charge on any atom is 0.0197 e. The number of piperidine rings is 2. The van der Waals surface area contributed by atoms with Crippen molar-refractivity contribution < 1.29 is 0 Å². The molecule has 1 saturated carbocycles. The Hall–Kier alpha value is -0.0800. The largest absolute Gasteiger partial charge is 0.313 e.